The van der Waals surface area contributed by atoms with Gasteiger partial charge in [-0.25, -0.2) is 0 Å². The van der Waals surface area contributed by atoms with Crippen molar-refractivity contribution in [2.24, 2.45) is 0 Å². The molecule has 0 saturated carbocycles. The van der Waals surface area contributed by atoms with Gasteiger partial charge in [-0.05, 0) is 41.5 Å². The first-order valence-electron chi connectivity index (χ1n) is 14.4. The predicted molar refractivity (Wildman–Crippen MR) is 171 cm³/mol. The van der Waals surface area contributed by atoms with Crippen molar-refractivity contribution in [3.8, 4) is 11.5 Å². The second kappa shape index (κ2) is 13.2. The van der Waals surface area contributed by atoms with E-state index in [9.17, 15) is 14.9 Å². The summed E-state index contributed by atoms with van der Waals surface area (Å²) in [7, 11) is 0. The third-order valence-electron chi connectivity index (χ3n) is 7.48. The van der Waals surface area contributed by atoms with Crippen LogP contribution in [0.25, 0.3) is 21.8 Å². The van der Waals surface area contributed by atoms with Gasteiger partial charge in [0.25, 0.3) is 0 Å². The minimum Gasteiger partial charge on any atom is -0.492 e. The van der Waals surface area contributed by atoms with Crippen LogP contribution in [0.3, 0.4) is 0 Å². The van der Waals surface area contributed by atoms with Gasteiger partial charge in [0.1, 0.15) is 19.0 Å². The predicted octanol–water partition coefficient (Wildman–Crippen LogP) is 7.57. The van der Waals surface area contributed by atoms with E-state index in [1.807, 2.05) is 95.9 Å². The molecule has 0 atom stereocenters. The number of nitrogens with zero attached hydrogens (tertiary/aromatic N) is 2. The number of rotatable bonds is 13. The van der Waals surface area contributed by atoms with Gasteiger partial charge in [0.15, 0.2) is 11.5 Å². The quantitative estimate of drug-likeness (QED) is 0.0853. The van der Waals surface area contributed by atoms with E-state index in [0.717, 1.165) is 38.7 Å². The van der Waals surface area contributed by atoms with E-state index in [1.54, 1.807) is 6.07 Å². The zero-order chi connectivity index (χ0) is 30.3. The van der Waals surface area contributed by atoms with E-state index in [4.69, 9.17) is 9.47 Å². The van der Waals surface area contributed by atoms with Crippen LogP contribution in [0.1, 0.15) is 21.5 Å². The van der Waals surface area contributed by atoms with Crippen molar-refractivity contribution in [3.63, 3.8) is 0 Å². The normalized spacial score (nSPS) is 11.2. The molecule has 1 aromatic heterocycles. The van der Waals surface area contributed by atoms with E-state index < -0.39 is 4.92 Å². The molecule has 0 amide bonds. The zero-order valence-corrected chi connectivity index (χ0v) is 24.0. The Hall–Kier alpha value is -5.47. The van der Waals surface area contributed by atoms with Crippen molar-refractivity contribution in [2.75, 3.05) is 19.7 Å². The maximum absolute atomic E-state index is 13.4. The van der Waals surface area contributed by atoms with Crippen LogP contribution in [0.15, 0.2) is 121 Å². The fraction of sp³-hybridized carbons (Fsp3) is 0.139. The number of carbonyl (C=O) groups excluding carboxylic acids is 1. The standard InChI is InChI=1S/C36H31N3O5/c40-35(28-15-18-36(34(21-28)39(41)42)44-25-27-11-5-2-6-12-27)24-38(23-26-9-3-1-4-10-26)19-20-43-29-16-17-31-30-13-7-8-14-32(30)37-33(31)22-29/h1-18,21-22,37H,19-20,23-25H2. The summed E-state index contributed by atoms with van der Waals surface area (Å²) in [5, 5.41) is 14.2. The van der Waals surface area contributed by atoms with Crippen molar-refractivity contribution in [2.45, 2.75) is 13.2 Å². The molecule has 6 aromatic rings. The number of aromatic amines is 1. The van der Waals surface area contributed by atoms with Crippen molar-refractivity contribution < 1.29 is 19.2 Å². The molecule has 0 spiro atoms. The largest absolute Gasteiger partial charge is 0.492 e. The summed E-state index contributed by atoms with van der Waals surface area (Å²) < 4.78 is 11.9. The van der Waals surface area contributed by atoms with Crippen molar-refractivity contribution in [1.29, 1.82) is 0 Å². The highest BCUT2D eigenvalue weighted by molar-refractivity contribution is 6.07. The SMILES string of the molecule is O=C(CN(CCOc1ccc2c(c1)[nH]c1ccccc12)Cc1ccccc1)c1ccc(OCc2ccccc2)c([N+](=O)[O-])c1. The number of fused-ring (bicyclic) bond motifs is 3. The highest BCUT2D eigenvalue weighted by Crippen LogP contribution is 2.30. The molecule has 0 radical (unpaired) electrons. The van der Waals surface area contributed by atoms with Crippen LogP contribution >= 0.6 is 0 Å². The lowest BCUT2D eigenvalue weighted by molar-refractivity contribution is -0.386. The van der Waals surface area contributed by atoms with Crippen molar-refractivity contribution in [1.82, 2.24) is 9.88 Å². The third kappa shape index (κ3) is 6.77. The van der Waals surface area contributed by atoms with E-state index in [1.165, 1.54) is 12.1 Å². The van der Waals surface area contributed by atoms with Gasteiger partial charge in [0, 0.05) is 47.1 Å². The van der Waals surface area contributed by atoms with E-state index in [2.05, 4.69) is 17.1 Å². The lowest BCUT2D eigenvalue weighted by Crippen LogP contribution is -2.33. The number of benzene rings is 5. The van der Waals surface area contributed by atoms with Crippen molar-refractivity contribution in [3.05, 3.63) is 148 Å². The number of carbonyl (C=O) groups is 1. The molecule has 0 saturated heterocycles. The van der Waals surface area contributed by atoms with Gasteiger partial charge in [-0.15, -0.1) is 0 Å². The fourth-order valence-electron chi connectivity index (χ4n) is 5.26. The number of nitro benzene ring substituents is 1. The Kier molecular flexibility index (Phi) is 8.61. The first-order valence-corrected chi connectivity index (χ1v) is 14.4. The first-order chi connectivity index (χ1) is 21.5. The molecule has 0 aliphatic heterocycles. The molecule has 220 valence electrons. The maximum Gasteiger partial charge on any atom is 0.311 e. The number of para-hydroxylation sites is 1. The van der Waals surface area contributed by atoms with Crippen LogP contribution in [-0.2, 0) is 13.2 Å². The molecule has 8 nitrogen and oxygen atoms in total. The number of aromatic nitrogens is 1. The molecule has 6 rings (SSSR count). The van der Waals surface area contributed by atoms with Gasteiger partial charge in [-0.1, -0.05) is 78.9 Å². The summed E-state index contributed by atoms with van der Waals surface area (Å²) in [6, 6.07) is 37.8. The minimum atomic E-state index is -0.517. The Labute approximate surface area is 254 Å². The molecule has 44 heavy (non-hydrogen) atoms. The number of H-pyrrole nitrogens is 1. The van der Waals surface area contributed by atoms with E-state index in [0.29, 0.717) is 19.7 Å². The summed E-state index contributed by atoms with van der Waals surface area (Å²) in [5.41, 5.74) is 4.03. The van der Waals surface area contributed by atoms with Crippen LogP contribution in [0.4, 0.5) is 5.69 Å². The average molecular weight is 586 g/mol. The van der Waals surface area contributed by atoms with Gasteiger partial charge < -0.3 is 14.5 Å². The van der Waals surface area contributed by atoms with Gasteiger partial charge in [-0.2, -0.15) is 0 Å². The highest BCUT2D eigenvalue weighted by atomic mass is 16.6. The summed E-state index contributed by atoms with van der Waals surface area (Å²) in [4.78, 5) is 30.2. The maximum atomic E-state index is 13.4. The van der Waals surface area contributed by atoms with Crippen LogP contribution in [0, 0.1) is 10.1 Å². The third-order valence-corrected chi connectivity index (χ3v) is 7.48. The fourth-order valence-corrected chi connectivity index (χ4v) is 5.26. The zero-order valence-electron chi connectivity index (χ0n) is 24.0. The molecule has 0 bridgehead atoms. The smallest absolute Gasteiger partial charge is 0.311 e. The molecular formula is C36H31N3O5. The summed E-state index contributed by atoms with van der Waals surface area (Å²) in [6.45, 7) is 1.62. The Morgan fingerprint density at radius 3 is 2.23 bits per heavy atom. The first kappa shape index (κ1) is 28.6. The van der Waals surface area contributed by atoms with Crippen LogP contribution in [0.2, 0.25) is 0 Å². The molecule has 1 N–H and O–H groups in total. The lowest BCUT2D eigenvalue weighted by Gasteiger charge is -2.22. The number of hydrogen-bond donors (Lipinski definition) is 1. The van der Waals surface area contributed by atoms with E-state index >= 15 is 0 Å². The number of ketones is 1. The molecule has 5 aromatic carbocycles. The van der Waals surface area contributed by atoms with Crippen LogP contribution in [-0.4, -0.2) is 40.3 Å². The number of hydrogen-bond acceptors (Lipinski definition) is 6. The Balaban J connectivity index is 1.14. The second-order valence-corrected chi connectivity index (χ2v) is 10.6. The Morgan fingerprint density at radius 2 is 1.45 bits per heavy atom. The number of Topliss-reactive ketones (excluding diaryl/α,β-unsaturated/α-hetero) is 1. The Bertz CT molecular complexity index is 1900. The monoisotopic (exact) mass is 585 g/mol. The van der Waals surface area contributed by atoms with Gasteiger partial charge >= 0.3 is 5.69 Å². The minimum absolute atomic E-state index is 0.0701. The molecule has 1 heterocycles. The molecular weight excluding hydrogens is 554 g/mol. The summed E-state index contributed by atoms with van der Waals surface area (Å²) >= 11 is 0. The van der Waals surface area contributed by atoms with Gasteiger partial charge in [0.2, 0.25) is 0 Å². The second-order valence-electron chi connectivity index (χ2n) is 10.6. The Morgan fingerprint density at radius 1 is 0.750 bits per heavy atom. The molecule has 8 heteroatoms. The average Bonchev–Trinajstić information content (AvgIpc) is 3.42. The number of ether oxygens (including phenoxy) is 2. The summed E-state index contributed by atoms with van der Waals surface area (Å²) in [6.07, 6.45) is 0. The lowest BCUT2D eigenvalue weighted by atomic mass is 10.1. The van der Waals surface area contributed by atoms with Gasteiger partial charge in [0.05, 0.1) is 17.0 Å². The molecule has 0 aliphatic rings. The molecule has 0 aliphatic carbocycles. The van der Waals surface area contributed by atoms with Crippen molar-refractivity contribution >= 4 is 33.3 Å². The molecule has 0 unspecified atom stereocenters. The van der Waals surface area contributed by atoms with Gasteiger partial charge in [-0.3, -0.25) is 19.8 Å². The molecule has 0 fully saturated rings. The number of nitrogens with one attached hydrogen (secondary N) is 1. The topological polar surface area (TPSA) is 97.7 Å². The summed E-state index contributed by atoms with van der Waals surface area (Å²) in [5.74, 6) is 0.631. The highest BCUT2D eigenvalue weighted by Gasteiger charge is 2.21. The van der Waals surface area contributed by atoms with Crippen LogP contribution < -0.4 is 9.47 Å². The number of nitro groups is 1. The van der Waals surface area contributed by atoms with E-state index in [-0.39, 0.29) is 35.9 Å². The van der Waals surface area contributed by atoms with Crippen LogP contribution in [0.5, 0.6) is 11.5 Å².